The molecule has 3 rings (SSSR count). The second-order valence-corrected chi connectivity index (χ2v) is 5.84. The lowest BCUT2D eigenvalue weighted by molar-refractivity contribution is -0.117. The molecule has 1 amide bonds. The number of aromatic nitrogens is 4. The monoisotopic (exact) mass is 314 g/mol. The lowest BCUT2D eigenvalue weighted by Crippen LogP contribution is -2.38. The Morgan fingerprint density at radius 3 is 3.13 bits per heavy atom. The SMILES string of the molecule is CCCn1nccc1NC(=O)CN1CCc2cnc(C)nc2C1. The zero-order chi connectivity index (χ0) is 16.2. The number of hydrogen-bond donors (Lipinski definition) is 1. The first-order chi connectivity index (χ1) is 11.2. The number of nitrogens with zero attached hydrogens (tertiary/aromatic N) is 5. The van der Waals surface area contributed by atoms with E-state index in [1.165, 1.54) is 5.56 Å². The molecule has 0 saturated carbocycles. The van der Waals surface area contributed by atoms with Gasteiger partial charge < -0.3 is 5.32 Å². The molecule has 1 aliphatic rings. The van der Waals surface area contributed by atoms with Gasteiger partial charge in [-0.2, -0.15) is 5.10 Å². The van der Waals surface area contributed by atoms with Crippen molar-refractivity contribution in [3.63, 3.8) is 0 Å². The minimum Gasteiger partial charge on any atom is -0.310 e. The molecular weight excluding hydrogens is 292 g/mol. The van der Waals surface area contributed by atoms with Crippen LogP contribution in [0.4, 0.5) is 5.82 Å². The Kier molecular flexibility index (Phi) is 4.66. The Morgan fingerprint density at radius 1 is 1.43 bits per heavy atom. The topological polar surface area (TPSA) is 75.9 Å². The molecule has 0 aromatic carbocycles. The van der Waals surface area contributed by atoms with Crippen LogP contribution in [-0.2, 0) is 24.3 Å². The maximum Gasteiger partial charge on any atom is 0.239 e. The minimum absolute atomic E-state index is 0.0166. The van der Waals surface area contributed by atoms with Gasteiger partial charge in [-0.05, 0) is 25.3 Å². The fourth-order valence-electron chi connectivity index (χ4n) is 2.81. The van der Waals surface area contributed by atoms with Crippen LogP contribution in [0, 0.1) is 6.92 Å². The number of rotatable bonds is 5. The van der Waals surface area contributed by atoms with E-state index in [1.54, 1.807) is 6.20 Å². The lowest BCUT2D eigenvalue weighted by atomic mass is 10.1. The molecule has 122 valence electrons. The Hall–Kier alpha value is -2.28. The second kappa shape index (κ2) is 6.87. The molecule has 2 aromatic rings. The molecule has 0 spiro atoms. The largest absolute Gasteiger partial charge is 0.310 e. The predicted octanol–water partition coefficient (Wildman–Crippen LogP) is 1.39. The number of amides is 1. The van der Waals surface area contributed by atoms with E-state index in [4.69, 9.17) is 0 Å². The van der Waals surface area contributed by atoms with E-state index in [9.17, 15) is 4.79 Å². The van der Waals surface area contributed by atoms with Gasteiger partial charge in [0.15, 0.2) is 0 Å². The summed E-state index contributed by atoms with van der Waals surface area (Å²) in [6.07, 6.45) is 5.48. The number of carbonyl (C=O) groups is 1. The van der Waals surface area contributed by atoms with E-state index in [-0.39, 0.29) is 5.91 Å². The van der Waals surface area contributed by atoms with Gasteiger partial charge in [-0.3, -0.25) is 9.69 Å². The highest BCUT2D eigenvalue weighted by Crippen LogP contribution is 2.16. The van der Waals surface area contributed by atoms with E-state index in [0.29, 0.717) is 13.1 Å². The highest BCUT2D eigenvalue weighted by molar-refractivity contribution is 5.91. The summed E-state index contributed by atoms with van der Waals surface area (Å²) in [6.45, 7) is 6.68. The van der Waals surface area contributed by atoms with E-state index >= 15 is 0 Å². The van der Waals surface area contributed by atoms with Crippen molar-refractivity contribution in [2.24, 2.45) is 0 Å². The fraction of sp³-hybridized carbons (Fsp3) is 0.500. The number of aryl methyl sites for hydroxylation is 2. The van der Waals surface area contributed by atoms with Crippen molar-refractivity contribution >= 4 is 11.7 Å². The van der Waals surface area contributed by atoms with Gasteiger partial charge in [-0.15, -0.1) is 0 Å². The maximum absolute atomic E-state index is 12.3. The zero-order valence-electron chi connectivity index (χ0n) is 13.6. The lowest BCUT2D eigenvalue weighted by Gasteiger charge is -2.27. The average Bonchev–Trinajstić information content (AvgIpc) is 2.94. The summed E-state index contributed by atoms with van der Waals surface area (Å²) in [5.41, 5.74) is 2.22. The van der Waals surface area contributed by atoms with Crippen LogP contribution < -0.4 is 5.32 Å². The first-order valence-corrected chi connectivity index (χ1v) is 8.01. The molecule has 0 atom stereocenters. The fourth-order valence-corrected chi connectivity index (χ4v) is 2.81. The van der Waals surface area contributed by atoms with Crippen molar-refractivity contribution in [3.05, 3.63) is 35.5 Å². The van der Waals surface area contributed by atoms with Crippen LogP contribution in [0.2, 0.25) is 0 Å². The summed E-state index contributed by atoms with van der Waals surface area (Å²) in [4.78, 5) is 23.1. The van der Waals surface area contributed by atoms with Crippen molar-refractivity contribution in [3.8, 4) is 0 Å². The van der Waals surface area contributed by atoms with Gasteiger partial charge in [-0.25, -0.2) is 14.6 Å². The first kappa shape index (κ1) is 15.6. The summed E-state index contributed by atoms with van der Waals surface area (Å²) in [7, 11) is 0. The van der Waals surface area contributed by atoms with Crippen molar-refractivity contribution < 1.29 is 4.79 Å². The van der Waals surface area contributed by atoms with Crippen molar-refractivity contribution in [2.45, 2.75) is 39.8 Å². The van der Waals surface area contributed by atoms with E-state index in [0.717, 1.165) is 43.3 Å². The van der Waals surface area contributed by atoms with Gasteiger partial charge in [0.05, 0.1) is 18.4 Å². The van der Waals surface area contributed by atoms with Gasteiger partial charge in [0.1, 0.15) is 11.6 Å². The van der Waals surface area contributed by atoms with Crippen LogP contribution in [0.25, 0.3) is 0 Å². The third-order valence-corrected chi connectivity index (χ3v) is 3.93. The van der Waals surface area contributed by atoms with Crippen LogP contribution in [0.1, 0.15) is 30.4 Å². The molecule has 0 bridgehead atoms. The Morgan fingerprint density at radius 2 is 2.30 bits per heavy atom. The number of hydrogen-bond acceptors (Lipinski definition) is 5. The molecule has 7 nitrogen and oxygen atoms in total. The smallest absolute Gasteiger partial charge is 0.239 e. The van der Waals surface area contributed by atoms with Crippen LogP contribution in [-0.4, -0.2) is 43.6 Å². The first-order valence-electron chi connectivity index (χ1n) is 8.01. The molecule has 0 aliphatic carbocycles. The van der Waals surface area contributed by atoms with Crippen molar-refractivity contribution in [1.29, 1.82) is 0 Å². The quantitative estimate of drug-likeness (QED) is 0.902. The van der Waals surface area contributed by atoms with Gasteiger partial charge in [-0.1, -0.05) is 6.92 Å². The summed E-state index contributed by atoms with van der Waals surface area (Å²) in [6, 6.07) is 1.83. The summed E-state index contributed by atoms with van der Waals surface area (Å²) in [5, 5.41) is 7.16. The average molecular weight is 314 g/mol. The number of anilines is 1. The predicted molar refractivity (Wildman–Crippen MR) is 86.9 cm³/mol. The summed E-state index contributed by atoms with van der Waals surface area (Å²) in [5.74, 6) is 1.52. The minimum atomic E-state index is -0.0166. The van der Waals surface area contributed by atoms with E-state index < -0.39 is 0 Å². The van der Waals surface area contributed by atoms with Gasteiger partial charge in [0, 0.05) is 31.9 Å². The molecular formula is C16H22N6O. The molecule has 23 heavy (non-hydrogen) atoms. The Balaban J connectivity index is 1.59. The van der Waals surface area contributed by atoms with Gasteiger partial charge in [0.2, 0.25) is 5.91 Å². The molecule has 2 aromatic heterocycles. The number of fused-ring (bicyclic) bond motifs is 1. The normalized spacial score (nSPS) is 14.5. The molecule has 0 unspecified atom stereocenters. The Labute approximate surface area is 135 Å². The Bertz CT molecular complexity index is 696. The molecule has 0 fully saturated rings. The van der Waals surface area contributed by atoms with Crippen molar-refractivity contribution in [1.82, 2.24) is 24.6 Å². The molecule has 7 heteroatoms. The zero-order valence-corrected chi connectivity index (χ0v) is 13.6. The second-order valence-electron chi connectivity index (χ2n) is 5.84. The van der Waals surface area contributed by atoms with Gasteiger partial charge >= 0.3 is 0 Å². The van der Waals surface area contributed by atoms with Crippen LogP contribution >= 0.6 is 0 Å². The summed E-state index contributed by atoms with van der Waals surface area (Å²) >= 11 is 0. The third-order valence-electron chi connectivity index (χ3n) is 3.93. The maximum atomic E-state index is 12.3. The van der Waals surface area contributed by atoms with E-state index in [1.807, 2.05) is 23.9 Å². The molecule has 1 aliphatic heterocycles. The summed E-state index contributed by atoms with van der Waals surface area (Å²) < 4.78 is 1.82. The highest BCUT2D eigenvalue weighted by atomic mass is 16.2. The molecule has 0 saturated heterocycles. The van der Waals surface area contributed by atoms with Crippen LogP contribution in [0.15, 0.2) is 18.5 Å². The number of nitrogens with one attached hydrogen (secondary N) is 1. The molecule has 1 N–H and O–H groups in total. The molecule has 0 radical (unpaired) electrons. The highest BCUT2D eigenvalue weighted by Gasteiger charge is 2.20. The van der Waals surface area contributed by atoms with Crippen molar-refractivity contribution in [2.75, 3.05) is 18.4 Å². The van der Waals surface area contributed by atoms with E-state index in [2.05, 4.69) is 32.2 Å². The van der Waals surface area contributed by atoms with Crippen LogP contribution in [0.3, 0.4) is 0 Å². The standard InChI is InChI=1S/C16H22N6O/c1-3-7-22-15(4-6-18-22)20-16(23)11-21-8-5-13-9-17-12(2)19-14(13)10-21/h4,6,9H,3,5,7-8,10-11H2,1-2H3,(H,20,23). The van der Waals surface area contributed by atoms with Gasteiger partial charge in [0.25, 0.3) is 0 Å². The third kappa shape index (κ3) is 3.73. The number of carbonyl (C=O) groups excluding carboxylic acids is 1. The molecule has 3 heterocycles. The van der Waals surface area contributed by atoms with Crippen LogP contribution in [0.5, 0.6) is 0 Å².